The molecule has 0 unspecified atom stereocenters. The van der Waals surface area contributed by atoms with Crippen LogP contribution in [0.2, 0.25) is 0 Å². The first-order chi connectivity index (χ1) is 12.1. The van der Waals surface area contributed by atoms with Gasteiger partial charge in [0.05, 0.1) is 11.7 Å². The van der Waals surface area contributed by atoms with E-state index in [-0.39, 0.29) is 5.82 Å². The molecule has 1 fully saturated rings. The van der Waals surface area contributed by atoms with Crippen molar-refractivity contribution in [1.82, 2.24) is 9.66 Å². The molecule has 0 bridgehead atoms. The van der Waals surface area contributed by atoms with Crippen LogP contribution in [0, 0.1) is 25.6 Å². The van der Waals surface area contributed by atoms with Crippen molar-refractivity contribution in [3.8, 4) is 0 Å². The Morgan fingerprint density at radius 2 is 1.92 bits per heavy atom. The highest BCUT2D eigenvalue weighted by Gasteiger charge is 2.24. The van der Waals surface area contributed by atoms with Gasteiger partial charge in [0, 0.05) is 23.8 Å². The molecule has 2 aromatic heterocycles. The highest BCUT2D eigenvalue weighted by molar-refractivity contribution is 5.88. The Morgan fingerprint density at radius 1 is 1.16 bits per heavy atom. The number of nitrogens with zero attached hydrogens (tertiary/aromatic N) is 2. The fourth-order valence-electron chi connectivity index (χ4n) is 3.58. The molecule has 2 heterocycles. The molecule has 3 nitrogen and oxygen atoms in total. The third kappa shape index (κ3) is 3.26. The van der Waals surface area contributed by atoms with Gasteiger partial charge in [-0.15, -0.1) is 0 Å². The van der Waals surface area contributed by atoms with Gasteiger partial charge in [0.2, 0.25) is 0 Å². The van der Waals surface area contributed by atoms with E-state index in [1.165, 1.54) is 47.2 Å². The van der Waals surface area contributed by atoms with Crippen LogP contribution in [0.25, 0.3) is 10.9 Å². The van der Waals surface area contributed by atoms with Crippen LogP contribution in [-0.4, -0.2) is 16.2 Å². The van der Waals surface area contributed by atoms with E-state index >= 15 is 0 Å². The highest BCUT2D eigenvalue weighted by atomic mass is 19.1. The van der Waals surface area contributed by atoms with Gasteiger partial charge >= 0.3 is 0 Å². The first kappa shape index (κ1) is 16.1. The van der Waals surface area contributed by atoms with Crippen LogP contribution >= 0.6 is 0 Å². The number of pyridine rings is 1. The topological polar surface area (TPSA) is 29.9 Å². The molecule has 1 saturated carbocycles. The number of aromatic nitrogens is 2. The molecular formula is C21H24FN3. The lowest BCUT2D eigenvalue weighted by Crippen LogP contribution is -2.18. The summed E-state index contributed by atoms with van der Waals surface area (Å²) in [4.78, 5) is 4.48. The van der Waals surface area contributed by atoms with Crippen LogP contribution in [0.1, 0.15) is 35.2 Å². The SMILES string of the molecule is Cc1c(C)n(NCCc2ccc(F)cc2)c2cncc(CC3CC3)c12. The minimum absolute atomic E-state index is 0.186. The smallest absolute Gasteiger partial charge is 0.123 e. The van der Waals surface area contributed by atoms with Crippen molar-refractivity contribution in [2.75, 3.05) is 12.0 Å². The summed E-state index contributed by atoms with van der Waals surface area (Å²) < 4.78 is 15.2. The van der Waals surface area contributed by atoms with E-state index in [2.05, 4.69) is 28.9 Å². The minimum Gasteiger partial charge on any atom is -0.325 e. The normalized spacial score (nSPS) is 14.2. The molecule has 3 aromatic rings. The lowest BCUT2D eigenvalue weighted by Gasteiger charge is -2.12. The molecule has 4 rings (SSSR count). The second kappa shape index (κ2) is 6.51. The molecule has 1 N–H and O–H groups in total. The Morgan fingerprint density at radius 3 is 2.64 bits per heavy atom. The number of fused-ring (bicyclic) bond motifs is 1. The van der Waals surface area contributed by atoms with E-state index in [9.17, 15) is 4.39 Å². The number of benzene rings is 1. The van der Waals surface area contributed by atoms with E-state index in [4.69, 9.17) is 0 Å². The van der Waals surface area contributed by atoms with Gasteiger partial charge in [-0.3, -0.25) is 9.66 Å². The van der Waals surface area contributed by atoms with E-state index in [1.54, 1.807) is 0 Å². The minimum atomic E-state index is -0.186. The van der Waals surface area contributed by atoms with Crippen molar-refractivity contribution in [3.05, 3.63) is 64.9 Å². The maximum absolute atomic E-state index is 13.0. The van der Waals surface area contributed by atoms with E-state index in [0.29, 0.717) is 0 Å². The van der Waals surface area contributed by atoms with Crippen LogP contribution in [0.3, 0.4) is 0 Å². The van der Waals surface area contributed by atoms with Crippen molar-refractivity contribution in [3.63, 3.8) is 0 Å². The van der Waals surface area contributed by atoms with Gasteiger partial charge in [-0.2, -0.15) is 0 Å². The van der Waals surface area contributed by atoms with Crippen LogP contribution in [-0.2, 0) is 12.8 Å². The molecule has 0 saturated heterocycles. The van der Waals surface area contributed by atoms with Crippen molar-refractivity contribution in [1.29, 1.82) is 0 Å². The van der Waals surface area contributed by atoms with Crippen LogP contribution in [0.4, 0.5) is 4.39 Å². The Labute approximate surface area is 147 Å². The Bertz CT molecular complexity index is 892. The monoisotopic (exact) mass is 337 g/mol. The Balaban J connectivity index is 1.56. The molecule has 1 aromatic carbocycles. The molecule has 0 radical (unpaired) electrons. The molecule has 1 aliphatic carbocycles. The molecule has 1 aliphatic rings. The van der Waals surface area contributed by atoms with Crippen LogP contribution in [0.15, 0.2) is 36.7 Å². The zero-order valence-electron chi connectivity index (χ0n) is 14.8. The third-order valence-electron chi connectivity index (χ3n) is 5.30. The number of hydrogen-bond donors (Lipinski definition) is 1. The van der Waals surface area contributed by atoms with E-state index < -0.39 is 0 Å². The van der Waals surface area contributed by atoms with Crippen molar-refractivity contribution in [2.24, 2.45) is 5.92 Å². The quantitative estimate of drug-likeness (QED) is 0.716. The number of hydrogen-bond acceptors (Lipinski definition) is 2. The summed E-state index contributed by atoms with van der Waals surface area (Å²) in [6.07, 6.45) is 8.69. The third-order valence-corrected chi connectivity index (χ3v) is 5.30. The number of halogens is 1. The number of aryl methyl sites for hydroxylation is 1. The van der Waals surface area contributed by atoms with Gasteiger partial charge in [-0.1, -0.05) is 12.1 Å². The largest absolute Gasteiger partial charge is 0.325 e. The fourth-order valence-corrected chi connectivity index (χ4v) is 3.58. The van der Waals surface area contributed by atoms with Gasteiger partial charge in [0.15, 0.2) is 0 Å². The summed E-state index contributed by atoms with van der Waals surface area (Å²) in [6, 6.07) is 6.73. The standard InChI is InChI=1S/C21H24FN3/c1-14-15(2)25(24-10-9-16-5-7-19(22)8-6-16)20-13-23-12-18(21(14)20)11-17-3-4-17/h5-8,12-13,17,24H,3-4,9-11H2,1-2H3. The molecule has 0 amide bonds. The van der Waals surface area contributed by atoms with Gasteiger partial charge in [-0.25, -0.2) is 4.39 Å². The van der Waals surface area contributed by atoms with Crippen molar-refractivity contribution >= 4 is 10.9 Å². The van der Waals surface area contributed by atoms with Gasteiger partial charge in [-0.05, 0) is 74.3 Å². The van der Waals surface area contributed by atoms with E-state index in [0.717, 1.165) is 36.4 Å². The first-order valence-corrected chi connectivity index (χ1v) is 9.06. The highest BCUT2D eigenvalue weighted by Crippen LogP contribution is 2.36. The molecule has 4 heteroatoms. The van der Waals surface area contributed by atoms with E-state index in [1.807, 2.05) is 24.5 Å². The molecule has 0 aliphatic heterocycles. The summed E-state index contributed by atoms with van der Waals surface area (Å²) >= 11 is 0. The molecule has 0 atom stereocenters. The summed E-state index contributed by atoms with van der Waals surface area (Å²) in [5.41, 5.74) is 9.76. The van der Waals surface area contributed by atoms with Gasteiger partial charge < -0.3 is 5.43 Å². The van der Waals surface area contributed by atoms with Gasteiger partial charge in [0.25, 0.3) is 0 Å². The van der Waals surface area contributed by atoms with Gasteiger partial charge in [0.1, 0.15) is 5.82 Å². The molecule has 25 heavy (non-hydrogen) atoms. The second-order valence-corrected chi connectivity index (χ2v) is 7.17. The predicted octanol–water partition coefficient (Wildman–Crippen LogP) is 4.53. The average molecular weight is 337 g/mol. The second-order valence-electron chi connectivity index (χ2n) is 7.17. The summed E-state index contributed by atoms with van der Waals surface area (Å²) in [6.45, 7) is 5.15. The molecule has 0 spiro atoms. The maximum atomic E-state index is 13.0. The van der Waals surface area contributed by atoms with Crippen LogP contribution < -0.4 is 5.43 Å². The van der Waals surface area contributed by atoms with Crippen molar-refractivity contribution < 1.29 is 4.39 Å². The molecule has 130 valence electrons. The van der Waals surface area contributed by atoms with Crippen LogP contribution in [0.5, 0.6) is 0 Å². The first-order valence-electron chi connectivity index (χ1n) is 9.06. The lowest BCUT2D eigenvalue weighted by atomic mass is 10.0. The fraction of sp³-hybridized carbons (Fsp3) is 0.381. The summed E-state index contributed by atoms with van der Waals surface area (Å²) in [5.74, 6) is 0.663. The molecular weight excluding hydrogens is 313 g/mol. The number of nitrogens with one attached hydrogen (secondary N) is 1. The van der Waals surface area contributed by atoms with Crippen molar-refractivity contribution in [2.45, 2.75) is 39.5 Å². The summed E-state index contributed by atoms with van der Waals surface area (Å²) in [7, 11) is 0. The average Bonchev–Trinajstić information content (AvgIpc) is 3.39. The lowest BCUT2D eigenvalue weighted by molar-refractivity contribution is 0.627. The number of rotatable bonds is 6. The summed E-state index contributed by atoms with van der Waals surface area (Å²) in [5, 5.41) is 1.36. The zero-order chi connectivity index (χ0) is 17.4. The Hall–Kier alpha value is -2.36. The Kier molecular flexibility index (Phi) is 4.20. The maximum Gasteiger partial charge on any atom is 0.123 e. The zero-order valence-corrected chi connectivity index (χ0v) is 14.8. The predicted molar refractivity (Wildman–Crippen MR) is 100.0 cm³/mol.